The van der Waals surface area contributed by atoms with Gasteiger partial charge in [0.25, 0.3) is 0 Å². The first-order valence-electron chi connectivity index (χ1n) is 7.03. The summed E-state index contributed by atoms with van der Waals surface area (Å²) < 4.78 is 0. The summed E-state index contributed by atoms with van der Waals surface area (Å²) >= 11 is 9.59. The normalized spacial score (nSPS) is 13.1. The van der Waals surface area contributed by atoms with Gasteiger partial charge in [-0.3, -0.25) is 9.59 Å². The molecular formula is C18H16O3S2. The minimum atomic E-state index is -1.24. The van der Waals surface area contributed by atoms with Crippen LogP contribution in [-0.4, -0.2) is 27.0 Å². The minimum Gasteiger partial charge on any atom is -0.481 e. The van der Waals surface area contributed by atoms with Gasteiger partial charge in [0.2, 0.25) is 0 Å². The molecule has 0 saturated heterocycles. The second-order valence-corrected chi connectivity index (χ2v) is 6.18. The minimum absolute atomic E-state index is 0.357. The Kier molecular flexibility index (Phi) is 5.69. The molecule has 0 aliphatic carbocycles. The van der Waals surface area contributed by atoms with Gasteiger partial charge in [0.15, 0.2) is 0 Å². The van der Waals surface area contributed by atoms with E-state index < -0.39 is 22.9 Å². The molecule has 0 bridgehead atoms. The van der Waals surface area contributed by atoms with Crippen LogP contribution in [0.5, 0.6) is 0 Å². The lowest BCUT2D eigenvalue weighted by Crippen LogP contribution is -2.35. The fourth-order valence-corrected chi connectivity index (χ4v) is 3.07. The van der Waals surface area contributed by atoms with Crippen molar-refractivity contribution in [3.05, 3.63) is 60.2 Å². The monoisotopic (exact) mass is 344 g/mol. The van der Waals surface area contributed by atoms with Crippen molar-refractivity contribution in [3.8, 4) is 11.1 Å². The first-order chi connectivity index (χ1) is 10.9. The zero-order chi connectivity index (χ0) is 17.0. The third kappa shape index (κ3) is 4.06. The van der Waals surface area contributed by atoms with Crippen molar-refractivity contribution in [2.24, 2.45) is 5.92 Å². The third-order valence-corrected chi connectivity index (χ3v) is 4.79. The first-order valence-corrected chi connectivity index (χ1v) is 7.95. The van der Waals surface area contributed by atoms with Crippen LogP contribution in [0.3, 0.4) is 0 Å². The lowest BCUT2D eigenvalue weighted by molar-refractivity contribution is -0.145. The highest BCUT2D eigenvalue weighted by Gasteiger charge is 2.32. The number of thiocarbonyl (C=S) groups is 1. The lowest BCUT2D eigenvalue weighted by atomic mass is 9.94. The number of ketones is 1. The Morgan fingerprint density at radius 3 is 2.00 bits per heavy atom. The molecule has 118 valence electrons. The molecule has 1 N–H and O–H groups in total. The highest BCUT2D eigenvalue weighted by atomic mass is 32.1. The van der Waals surface area contributed by atoms with Gasteiger partial charge in [0.1, 0.15) is 11.7 Å². The molecule has 0 saturated carbocycles. The fraction of sp³-hybridized carbons (Fsp3) is 0.167. The van der Waals surface area contributed by atoms with Gasteiger partial charge in [-0.25, -0.2) is 0 Å². The van der Waals surface area contributed by atoms with Crippen LogP contribution >= 0.6 is 24.8 Å². The van der Waals surface area contributed by atoms with Crippen LogP contribution < -0.4 is 0 Å². The summed E-state index contributed by atoms with van der Waals surface area (Å²) in [6, 6.07) is 17.4. The molecule has 0 fully saturated rings. The van der Waals surface area contributed by atoms with Crippen LogP contribution in [0.15, 0.2) is 54.6 Å². The Balaban J connectivity index is 2.23. The molecule has 23 heavy (non-hydrogen) atoms. The zero-order valence-corrected chi connectivity index (χ0v) is 14.2. The quantitative estimate of drug-likeness (QED) is 0.363. The number of carbonyl (C=O) groups excluding carboxylic acids is 1. The molecule has 2 atom stereocenters. The van der Waals surface area contributed by atoms with E-state index in [4.69, 9.17) is 12.2 Å². The number of hydrogen-bond acceptors (Lipinski definition) is 4. The molecule has 2 aromatic rings. The van der Waals surface area contributed by atoms with Crippen LogP contribution in [0.4, 0.5) is 0 Å². The van der Waals surface area contributed by atoms with Crippen molar-refractivity contribution in [1.29, 1.82) is 0 Å². The van der Waals surface area contributed by atoms with E-state index in [1.54, 1.807) is 0 Å². The summed E-state index contributed by atoms with van der Waals surface area (Å²) in [5, 5.41) is 8.34. The highest BCUT2D eigenvalue weighted by molar-refractivity contribution is 7.87. The number of rotatable bonds is 6. The largest absolute Gasteiger partial charge is 0.481 e. The molecule has 2 unspecified atom stereocenters. The number of carboxylic acid groups (broad SMARTS) is 1. The van der Waals surface area contributed by atoms with E-state index in [9.17, 15) is 14.7 Å². The smallest absolute Gasteiger partial charge is 0.315 e. The van der Waals surface area contributed by atoms with E-state index in [1.807, 2.05) is 54.6 Å². The third-order valence-electron chi connectivity index (χ3n) is 3.56. The Labute approximate surface area is 145 Å². The molecule has 0 aliphatic heterocycles. The van der Waals surface area contributed by atoms with E-state index in [1.165, 1.54) is 6.92 Å². The van der Waals surface area contributed by atoms with Gasteiger partial charge in [-0.1, -0.05) is 66.8 Å². The molecule has 5 heteroatoms. The number of carbonyl (C=O) groups is 2. The first kappa shape index (κ1) is 17.4. The lowest BCUT2D eigenvalue weighted by Gasteiger charge is -2.18. The van der Waals surface area contributed by atoms with Gasteiger partial charge >= 0.3 is 5.97 Å². The molecule has 0 radical (unpaired) electrons. The van der Waals surface area contributed by atoms with Crippen molar-refractivity contribution in [3.63, 3.8) is 0 Å². The highest BCUT2D eigenvalue weighted by Crippen LogP contribution is 2.23. The summed E-state index contributed by atoms with van der Waals surface area (Å²) in [4.78, 5) is 23.1. The number of benzene rings is 2. The van der Waals surface area contributed by atoms with Crippen molar-refractivity contribution < 1.29 is 14.7 Å². The van der Waals surface area contributed by atoms with Gasteiger partial charge in [-0.15, -0.1) is 0 Å². The second-order valence-electron chi connectivity index (χ2n) is 5.18. The van der Waals surface area contributed by atoms with Crippen molar-refractivity contribution in [2.75, 3.05) is 0 Å². The average molecular weight is 344 g/mol. The van der Waals surface area contributed by atoms with Crippen LogP contribution in [0, 0.1) is 5.92 Å². The Bertz CT molecular complexity index is 710. The van der Waals surface area contributed by atoms with Gasteiger partial charge in [-0.2, -0.15) is 12.6 Å². The maximum atomic E-state index is 11.5. The second kappa shape index (κ2) is 7.53. The summed E-state index contributed by atoms with van der Waals surface area (Å²) in [5.74, 6) is -2.90. The fourth-order valence-electron chi connectivity index (χ4n) is 2.31. The van der Waals surface area contributed by atoms with Crippen LogP contribution in [0.2, 0.25) is 0 Å². The van der Waals surface area contributed by atoms with Gasteiger partial charge < -0.3 is 5.11 Å². The predicted molar refractivity (Wildman–Crippen MR) is 98.2 cm³/mol. The number of Topliss-reactive ketones (excluding diaryl/α,β-unsaturated/α-hetero) is 1. The SMILES string of the molecule is CC(=O)C(C(=O)O)C(S)C(=S)c1ccc(-c2ccccc2)cc1. The molecule has 0 heterocycles. The van der Waals surface area contributed by atoms with E-state index >= 15 is 0 Å². The standard InChI is InChI=1S/C18H16O3S2/c1-11(19)15(18(20)21)17(23)16(22)14-9-7-13(8-10-14)12-5-3-2-4-6-12/h2-10,15,17,23H,1H3,(H,20,21). The predicted octanol–water partition coefficient (Wildman–Crippen LogP) is 3.66. The van der Waals surface area contributed by atoms with Gasteiger partial charge in [-0.05, 0) is 23.6 Å². The van der Waals surface area contributed by atoms with E-state index in [0.29, 0.717) is 10.4 Å². The molecule has 0 amide bonds. The van der Waals surface area contributed by atoms with Crippen molar-refractivity contribution in [2.45, 2.75) is 12.2 Å². The van der Waals surface area contributed by atoms with Crippen LogP contribution in [-0.2, 0) is 9.59 Å². The maximum Gasteiger partial charge on any atom is 0.315 e. The Hall–Kier alpha value is -1.98. The molecule has 0 aromatic heterocycles. The number of hydrogen-bond donors (Lipinski definition) is 2. The molecule has 0 spiro atoms. The Morgan fingerprint density at radius 2 is 1.52 bits per heavy atom. The summed E-state index contributed by atoms with van der Waals surface area (Å²) in [5.41, 5.74) is 2.82. The average Bonchev–Trinajstić information content (AvgIpc) is 2.54. The molecule has 3 nitrogen and oxygen atoms in total. The molecule has 0 aliphatic rings. The Morgan fingerprint density at radius 1 is 1.00 bits per heavy atom. The van der Waals surface area contributed by atoms with E-state index in [-0.39, 0.29) is 0 Å². The van der Waals surface area contributed by atoms with Crippen molar-refractivity contribution in [1.82, 2.24) is 0 Å². The van der Waals surface area contributed by atoms with Gasteiger partial charge in [0.05, 0.1) is 5.25 Å². The number of aliphatic carboxylic acids is 1. The summed E-state index contributed by atoms with van der Waals surface area (Å²) in [6.45, 7) is 1.24. The molecule has 2 rings (SSSR count). The number of carboxylic acids is 1. The van der Waals surface area contributed by atoms with E-state index in [2.05, 4.69) is 12.6 Å². The van der Waals surface area contributed by atoms with E-state index in [0.717, 1.165) is 11.1 Å². The topological polar surface area (TPSA) is 54.4 Å². The van der Waals surface area contributed by atoms with Crippen molar-refractivity contribution >= 4 is 41.5 Å². The summed E-state index contributed by atoms with van der Waals surface area (Å²) in [6.07, 6.45) is 0. The van der Waals surface area contributed by atoms with Crippen LogP contribution in [0.1, 0.15) is 12.5 Å². The summed E-state index contributed by atoms with van der Waals surface area (Å²) in [7, 11) is 0. The number of thiol groups is 1. The maximum absolute atomic E-state index is 11.5. The molecular weight excluding hydrogens is 328 g/mol. The zero-order valence-electron chi connectivity index (χ0n) is 12.5. The van der Waals surface area contributed by atoms with Gasteiger partial charge in [0, 0.05) is 4.86 Å². The van der Waals surface area contributed by atoms with Crippen LogP contribution in [0.25, 0.3) is 11.1 Å². The molecule has 2 aromatic carbocycles.